The first-order valence-electron chi connectivity index (χ1n) is 4.43. The van der Waals surface area contributed by atoms with Gasteiger partial charge in [-0.2, -0.15) is 0 Å². The first kappa shape index (κ1) is 11.8. The summed E-state index contributed by atoms with van der Waals surface area (Å²) in [5, 5.41) is 8.74. The van der Waals surface area contributed by atoms with Gasteiger partial charge in [-0.1, -0.05) is 13.8 Å². The summed E-state index contributed by atoms with van der Waals surface area (Å²) in [5.74, 6) is -0.857. The molecule has 2 N–H and O–H groups in total. The molecule has 0 aliphatic carbocycles. The van der Waals surface area contributed by atoms with Crippen molar-refractivity contribution in [3.8, 4) is 0 Å². The number of aryl methyl sites for hydroxylation is 2. The normalized spacial score (nSPS) is 9.00. The largest absolute Gasteiger partial charge is 0.478 e. The van der Waals surface area contributed by atoms with E-state index in [2.05, 4.69) is 4.98 Å². The van der Waals surface area contributed by atoms with E-state index in [9.17, 15) is 4.79 Å². The van der Waals surface area contributed by atoms with Gasteiger partial charge in [0.15, 0.2) is 0 Å². The molecule has 0 aliphatic heterocycles. The summed E-state index contributed by atoms with van der Waals surface area (Å²) >= 11 is 0. The number of carboxylic acids is 1. The number of aromatic amines is 1. The van der Waals surface area contributed by atoms with Gasteiger partial charge in [0.25, 0.3) is 0 Å². The van der Waals surface area contributed by atoms with E-state index in [0.717, 1.165) is 17.0 Å². The molecule has 0 fully saturated rings. The van der Waals surface area contributed by atoms with Crippen LogP contribution >= 0.6 is 0 Å². The van der Waals surface area contributed by atoms with Gasteiger partial charge in [-0.05, 0) is 26.3 Å². The van der Waals surface area contributed by atoms with Gasteiger partial charge in [-0.3, -0.25) is 0 Å². The second-order valence-corrected chi connectivity index (χ2v) is 2.68. The minimum absolute atomic E-state index is 0.405. The van der Waals surface area contributed by atoms with Gasteiger partial charge < -0.3 is 10.1 Å². The van der Waals surface area contributed by atoms with Crippen LogP contribution in [0.15, 0.2) is 0 Å². The summed E-state index contributed by atoms with van der Waals surface area (Å²) < 4.78 is 0. The zero-order valence-corrected chi connectivity index (χ0v) is 8.86. The highest BCUT2D eigenvalue weighted by atomic mass is 16.4. The average molecular weight is 183 g/mol. The second kappa shape index (κ2) is 4.70. The van der Waals surface area contributed by atoms with E-state index in [1.54, 1.807) is 6.92 Å². The monoisotopic (exact) mass is 183 g/mol. The maximum absolute atomic E-state index is 10.6. The molecule has 0 aromatic carbocycles. The van der Waals surface area contributed by atoms with Gasteiger partial charge in [-0.15, -0.1) is 0 Å². The third kappa shape index (κ3) is 2.34. The van der Waals surface area contributed by atoms with Crippen molar-refractivity contribution >= 4 is 5.97 Å². The molecule has 0 aliphatic rings. The molecule has 0 radical (unpaired) electrons. The van der Waals surface area contributed by atoms with Crippen molar-refractivity contribution in [1.29, 1.82) is 0 Å². The van der Waals surface area contributed by atoms with Crippen LogP contribution < -0.4 is 0 Å². The van der Waals surface area contributed by atoms with E-state index < -0.39 is 5.97 Å². The Morgan fingerprint density at radius 2 is 1.62 bits per heavy atom. The number of aromatic carboxylic acids is 1. The molecule has 0 saturated carbocycles. The molecule has 0 unspecified atom stereocenters. The second-order valence-electron chi connectivity index (χ2n) is 2.68. The van der Waals surface area contributed by atoms with Crippen LogP contribution in [0.4, 0.5) is 0 Å². The Hall–Kier alpha value is -1.25. The van der Waals surface area contributed by atoms with Crippen LogP contribution in [0.5, 0.6) is 0 Å². The van der Waals surface area contributed by atoms with E-state index in [1.165, 1.54) is 0 Å². The van der Waals surface area contributed by atoms with Crippen molar-refractivity contribution in [2.45, 2.75) is 34.6 Å². The summed E-state index contributed by atoms with van der Waals surface area (Å²) in [7, 11) is 0. The minimum atomic E-state index is -0.857. The maximum Gasteiger partial charge on any atom is 0.337 e. The van der Waals surface area contributed by atoms with Crippen molar-refractivity contribution in [1.82, 2.24) is 4.98 Å². The van der Waals surface area contributed by atoms with Gasteiger partial charge >= 0.3 is 5.97 Å². The number of carboxylic acid groups (broad SMARTS) is 1. The van der Waals surface area contributed by atoms with E-state index >= 15 is 0 Å². The highest BCUT2D eigenvalue weighted by molar-refractivity contribution is 5.91. The molecule has 74 valence electrons. The molecular weight excluding hydrogens is 166 g/mol. The molecule has 0 amide bonds. The van der Waals surface area contributed by atoms with E-state index in [1.807, 2.05) is 27.7 Å². The predicted molar refractivity (Wildman–Crippen MR) is 53.3 cm³/mol. The summed E-state index contributed by atoms with van der Waals surface area (Å²) in [6.45, 7) is 9.44. The quantitative estimate of drug-likeness (QED) is 0.703. The zero-order valence-electron chi connectivity index (χ0n) is 8.86. The number of carbonyl (C=O) groups is 1. The van der Waals surface area contributed by atoms with Crippen LogP contribution in [0.25, 0.3) is 0 Å². The van der Waals surface area contributed by atoms with Crippen molar-refractivity contribution in [3.05, 3.63) is 22.5 Å². The lowest BCUT2D eigenvalue weighted by Crippen LogP contribution is -1.98. The lowest BCUT2D eigenvalue weighted by Gasteiger charge is -1.92. The smallest absolute Gasteiger partial charge is 0.337 e. The molecule has 3 heteroatoms. The molecule has 1 aromatic rings. The fourth-order valence-electron chi connectivity index (χ4n) is 1.23. The number of H-pyrrole nitrogens is 1. The van der Waals surface area contributed by atoms with E-state index in [0.29, 0.717) is 5.56 Å². The number of rotatable bonds is 1. The Kier molecular flexibility index (Phi) is 4.25. The minimum Gasteiger partial charge on any atom is -0.478 e. The maximum atomic E-state index is 10.6. The lowest BCUT2D eigenvalue weighted by molar-refractivity contribution is 0.0695. The number of nitrogens with one attached hydrogen (secondary N) is 1. The molecule has 13 heavy (non-hydrogen) atoms. The first-order valence-corrected chi connectivity index (χ1v) is 4.43. The van der Waals surface area contributed by atoms with Crippen molar-refractivity contribution in [3.63, 3.8) is 0 Å². The molecular formula is C10H17NO2. The molecule has 3 nitrogen and oxygen atoms in total. The van der Waals surface area contributed by atoms with Crippen LogP contribution in [0, 0.1) is 20.8 Å². The molecule has 0 saturated heterocycles. The Balaban J connectivity index is 0.000000671. The molecule has 0 spiro atoms. The van der Waals surface area contributed by atoms with Gasteiger partial charge in [0, 0.05) is 11.4 Å². The zero-order chi connectivity index (χ0) is 10.6. The van der Waals surface area contributed by atoms with Gasteiger partial charge in [-0.25, -0.2) is 4.79 Å². The van der Waals surface area contributed by atoms with Crippen LogP contribution in [-0.4, -0.2) is 16.1 Å². The molecule has 0 atom stereocenters. The Morgan fingerprint density at radius 1 is 1.15 bits per heavy atom. The van der Waals surface area contributed by atoms with Crippen LogP contribution in [0.2, 0.25) is 0 Å². The Labute approximate surface area is 78.8 Å². The molecule has 1 aromatic heterocycles. The van der Waals surface area contributed by atoms with Crippen molar-refractivity contribution in [2.24, 2.45) is 0 Å². The predicted octanol–water partition coefficient (Wildman–Crippen LogP) is 2.66. The molecule has 0 bridgehead atoms. The van der Waals surface area contributed by atoms with Gasteiger partial charge in [0.05, 0.1) is 5.56 Å². The first-order chi connectivity index (χ1) is 6.04. The van der Waals surface area contributed by atoms with Crippen LogP contribution in [-0.2, 0) is 0 Å². The van der Waals surface area contributed by atoms with Crippen molar-refractivity contribution < 1.29 is 9.90 Å². The van der Waals surface area contributed by atoms with E-state index in [4.69, 9.17) is 5.11 Å². The molecule has 1 heterocycles. The summed E-state index contributed by atoms with van der Waals surface area (Å²) in [6.07, 6.45) is 0. The van der Waals surface area contributed by atoms with Crippen molar-refractivity contribution in [2.75, 3.05) is 0 Å². The van der Waals surface area contributed by atoms with Gasteiger partial charge in [0.1, 0.15) is 0 Å². The number of aromatic nitrogens is 1. The standard InChI is InChI=1S/C8H11NO2.C2H6/c1-4-5(2)9-6(3)7(4)8(10)11;1-2/h9H,1-3H3,(H,10,11);1-2H3. The van der Waals surface area contributed by atoms with Crippen LogP contribution in [0.3, 0.4) is 0 Å². The number of hydrogen-bond acceptors (Lipinski definition) is 1. The van der Waals surface area contributed by atoms with Crippen LogP contribution in [0.1, 0.15) is 41.2 Å². The third-order valence-corrected chi connectivity index (χ3v) is 1.90. The Bertz CT molecular complexity index is 300. The fraction of sp³-hybridized carbons (Fsp3) is 0.500. The summed E-state index contributed by atoms with van der Waals surface area (Å²) in [5.41, 5.74) is 2.89. The lowest BCUT2D eigenvalue weighted by atomic mass is 10.1. The number of hydrogen-bond donors (Lipinski definition) is 2. The summed E-state index contributed by atoms with van der Waals surface area (Å²) in [6, 6.07) is 0. The third-order valence-electron chi connectivity index (χ3n) is 1.90. The fourth-order valence-corrected chi connectivity index (χ4v) is 1.23. The van der Waals surface area contributed by atoms with Gasteiger partial charge in [0.2, 0.25) is 0 Å². The highest BCUT2D eigenvalue weighted by Gasteiger charge is 2.14. The average Bonchev–Trinajstić information content (AvgIpc) is 2.30. The topological polar surface area (TPSA) is 53.1 Å². The Morgan fingerprint density at radius 3 is 1.77 bits per heavy atom. The summed E-state index contributed by atoms with van der Waals surface area (Å²) in [4.78, 5) is 13.6. The van der Waals surface area contributed by atoms with E-state index in [-0.39, 0.29) is 0 Å². The molecule has 1 rings (SSSR count). The highest BCUT2D eigenvalue weighted by Crippen LogP contribution is 2.16. The SMILES string of the molecule is CC.Cc1[nH]c(C)c(C(=O)O)c1C.